The zero-order valence-electron chi connectivity index (χ0n) is 14.9. The number of hydrogen-bond acceptors (Lipinski definition) is 3. The second-order valence-corrected chi connectivity index (χ2v) is 6.21. The van der Waals surface area contributed by atoms with E-state index in [-0.39, 0.29) is 11.7 Å². The highest BCUT2D eigenvalue weighted by molar-refractivity contribution is 6.00. The van der Waals surface area contributed by atoms with Crippen LogP contribution in [0.25, 0.3) is 0 Å². The van der Waals surface area contributed by atoms with Gasteiger partial charge in [0.25, 0.3) is 5.91 Å². The lowest BCUT2D eigenvalue weighted by Gasteiger charge is -2.09. The highest BCUT2D eigenvalue weighted by atomic mass is 16.1. The molecule has 0 saturated heterocycles. The number of amidine groups is 1. The molecule has 27 heavy (non-hydrogen) atoms. The first-order valence-corrected chi connectivity index (χ1v) is 8.71. The van der Waals surface area contributed by atoms with Crippen LogP contribution in [-0.2, 0) is 13.1 Å². The van der Waals surface area contributed by atoms with Crippen molar-refractivity contribution in [3.63, 3.8) is 0 Å². The van der Waals surface area contributed by atoms with E-state index in [1.807, 2.05) is 42.5 Å². The van der Waals surface area contributed by atoms with Crippen LogP contribution in [0.5, 0.6) is 0 Å². The Bertz CT molecular complexity index is 921. The minimum Gasteiger partial charge on any atom is -0.384 e. The summed E-state index contributed by atoms with van der Waals surface area (Å²) in [7, 11) is 0. The molecule has 3 aromatic carbocycles. The van der Waals surface area contributed by atoms with Crippen LogP contribution in [-0.4, -0.2) is 11.7 Å². The highest BCUT2D eigenvalue weighted by Crippen LogP contribution is 2.12. The van der Waals surface area contributed by atoms with Gasteiger partial charge in [0.2, 0.25) is 0 Å². The van der Waals surface area contributed by atoms with Crippen LogP contribution in [0.3, 0.4) is 0 Å². The molecule has 0 aliphatic carbocycles. The fourth-order valence-corrected chi connectivity index (χ4v) is 2.65. The average Bonchev–Trinajstić information content (AvgIpc) is 2.72. The third kappa shape index (κ3) is 5.19. The molecule has 0 heterocycles. The third-order valence-corrected chi connectivity index (χ3v) is 4.18. The minimum absolute atomic E-state index is 0.0526. The number of nitrogen functional groups attached to an aromatic ring is 1. The maximum Gasteiger partial charge on any atom is 0.251 e. The molecule has 0 spiro atoms. The average molecular weight is 358 g/mol. The molecule has 0 radical (unpaired) electrons. The van der Waals surface area contributed by atoms with Gasteiger partial charge in [-0.3, -0.25) is 10.2 Å². The summed E-state index contributed by atoms with van der Waals surface area (Å²) >= 11 is 0. The smallest absolute Gasteiger partial charge is 0.251 e. The SMILES string of the molecule is N=C(N)c1cccc(C(=O)NCc2ccc(NCc3ccccc3)cc2)c1. The molecule has 0 bridgehead atoms. The van der Waals surface area contributed by atoms with Gasteiger partial charge in [-0.1, -0.05) is 54.6 Å². The van der Waals surface area contributed by atoms with Crippen molar-refractivity contribution in [2.75, 3.05) is 5.32 Å². The standard InChI is InChI=1S/C22H22N4O/c23-21(24)18-7-4-8-19(13-18)22(27)26-15-17-9-11-20(12-10-17)25-14-16-5-2-1-3-6-16/h1-13,25H,14-15H2,(H3,23,24)(H,26,27). The van der Waals surface area contributed by atoms with Gasteiger partial charge in [0, 0.05) is 29.9 Å². The van der Waals surface area contributed by atoms with Gasteiger partial charge < -0.3 is 16.4 Å². The number of carbonyl (C=O) groups is 1. The fraction of sp³-hybridized carbons (Fsp3) is 0.0909. The lowest BCUT2D eigenvalue weighted by Crippen LogP contribution is -2.23. The van der Waals surface area contributed by atoms with Gasteiger partial charge in [0.05, 0.1) is 0 Å². The van der Waals surface area contributed by atoms with Crippen molar-refractivity contribution in [3.8, 4) is 0 Å². The highest BCUT2D eigenvalue weighted by Gasteiger charge is 2.07. The number of rotatable bonds is 7. The molecule has 136 valence electrons. The molecule has 0 aliphatic heterocycles. The second-order valence-electron chi connectivity index (χ2n) is 6.21. The number of anilines is 1. The Balaban J connectivity index is 1.53. The molecular weight excluding hydrogens is 336 g/mol. The molecule has 0 atom stereocenters. The number of nitrogens with one attached hydrogen (secondary N) is 3. The predicted octanol–water partition coefficient (Wildman–Crippen LogP) is 3.51. The van der Waals surface area contributed by atoms with E-state index >= 15 is 0 Å². The second kappa shape index (κ2) is 8.67. The van der Waals surface area contributed by atoms with Gasteiger partial charge in [0.15, 0.2) is 0 Å². The van der Waals surface area contributed by atoms with E-state index in [1.165, 1.54) is 5.56 Å². The van der Waals surface area contributed by atoms with Crippen LogP contribution in [0, 0.1) is 5.41 Å². The van der Waals surface area contributed by atoms with Gasteiger partial charge in [0.1, 0.15) is 5.84 Å². The van der Waals surface area contributed by atoms with E-state index in [1.54, 1.807) is 24.3 Å². The summed E-state index contributed by atoms with van der Waals surface area (Å²) in [6.07, 6.45) is 0. The summed E-state index contributed by atoms with van der Waals surface area (Å²) in [5.74, 6) is -0.243. The Labute approximate surface area is 158 Å². The monoisotopic (exact) mass is 358 g/mol. The first-order chi connectivity index (χ1) is 13.1. The molecular formula is C22H22N4O. The van der Waals surface area contributed by atoms with E-state index < -0.39 is 0 Å². The largest absolute Gasteiger partial charge is 0.384 e. The van der Waals surface area contributed by atoms with E-state index in [9.17, 15) is 4.79 Å². The molecule has 1 amide bonds. The van der Waals surface area contributed by atoms with Gasteiger partial charge in [-0.2, -0.15) is 0 Å². The Morgan fingerprint density at radius 3 is 2.19 bits per heavy atom. The van der Waals surface area contributed by atoms with Gasteiger partial charge in [-0.25, -0.2) is 0 Å². The summed E-state index contributed by atoms with van der Waals surface area (Å²) in [5, 5.41) is 13.7. The normalized spacial score (nSPS) is 10.2. The van der Waals surface area contributed by atoms with Gasteiger partial charge >= 0.3 is 0 Å². The Hall–Kier alpha value is -3.60. The van der Waals surface area contributed by atoms with E-state index in [4.69, 9.17) is 11.1 Å². The molecule has 3 rings (SSSR count). The van der Waals surface area contributed by atoms with Crippen LogP contribution in [0.1, 0.15) is 27.0 Å². The zero-order valence-corrected chi connectivity index (χ0v) is 14.9. The van der Waals surface area contributed by atoms with Crippen LogP contribution in [0.2, 0.25) is 0 Å². The van der Waals surface area contributed by atoms with E-state index in [0.717, 1.165) is 17.8 Å². The Kier molecular flexibility index (Phi) is 5.84. The zero-order chi connectivity index (χ0) is 19.1. The van der Waals surface area contributed by atoms with Crippen molar-refractivity contribution in [3.05, 3.63) is 101 Å². The molecule has 0 aromatic heterocycles. The topological polar surface area (TPSA) is 91.0 Å². The Morgan fingerprint density at radius 1 is 0.815 bits per heavy atom. The maximum absolute atomic E-state index is 12.3. The van der Waals surface area contributed by atoms with Gasteiger partial charge in [-0.05, 0) is 35.4 Å². The van der Waals surface area contributed by atoms with Crippen LogP contribution >= 0.6 is 0 Å². The molecule has 0 aliphatic rings. The summed E-state index contributed by atoms with van der Waals surface area (Å²) < 4.78 is 0. The van der Waals surface area contributed by atoms with Crippen molar-refractivity contribution < 1.29 is 4.79 Å². The predicted molar refractivity (Wildman–Crippen MR) is 109 cm³/mol. The first-order valence-electron chi connectivity index (χ1n) is 8.71. The van der Waals surface area contributed by atoms with Crippen molar-refractivity contribution in [1.82, 2.24) is 5.32 Å². The lowest BCUT2D eigenvalue weighted by atomic mass is 10.1. The first kappa shape index (κ1) is 18.2. The summed E-state index contributed by atoms with van der Waals surface area (Å²) in [6, 6.07) is 24.9. The van der Waals surface area contributed by atoms with E-state index in [2.05, 4.69) is 22.8 Å². The van der Waals surface area contributed by atoms with Crippen molar-refractivity contribution in [1.29, 1.82) is 5.41 Å². The molecule has 5 nitrogen and oxygen atoms in total. The van der Waals surface area contributed by atoms with E-state index in [0.29, 0.717) is 17.7 Å². The molecule has 5 heteroatoms. The Morgan fingerprint density at radius 2 is 1.48 bits per heavy atom. The lowest BCUT2D eigenvalue weighted by molar-refractivity contribution is 0.0951. The van der Waals surface area contributed by atoms with Crippen LogP contribution < -0.4 is 16.4 Å². The maximum atomic E-state index is 12.3. The number of nitrogens with two attached hydrogens (primary N) is 1. The third-order valence-electron chi connectivity index (χ3n) is 4.18. The number of benzene rings is 3. The molecule has 0 saturated carbocycles. The van der Waals surface area contributed by atoms with Gasteiger partial charge in [-0.15, -0.1) is 0 Å². The van der Waals surface area contributed by atoms with Crippen molar-refractivity contribution in [2.24, 2.45) is 5.73 Å². The van der Waals surface area contributed by atoms with Crippen molar-refractivity contribution >= 4 is 17.4 Å². The summed E-state index contributed by atoms with van der Waals surface area (Å²) in [6.45, 7) is 1.20. The van der Waals surface area contributed by atoms with Crippen LogP contribution in [0.15, 0.2) is 78.9 Å². The number of hydrogen-bond donors (Lipinski definition) is 4. The summed E-state index contributed by atoms with van der Waals surface area (Å²) in [5.41, 5.74) is 9.76. The number of carbonyl (C=O) groups excluding carboxylic acids is 1. The molecule has 3 aromatic rings. The number of amides is 1. The fourth-order valence-electron chi connectivity index (χ4n) is 2.65. The summed E-state index contributed by atoms with van der Waals surface area (Å²) in [4.78, 5) is 12.3. The quantitative estimate of drug-likeness (QED) is 0.385. The minimum atomic E-state index is -0.190. The molecule has 0 unspecified atom stereocenters. The van der Waals surface area contributed by atoms with Crippen LogP contribution in [0.4, 0.5) is 5.69 Å². The van der Waals surface area contributed by atoms with Crippen molar-refractivity contribution in [2.45, 2.75) is 13.1 Å². The molecule has 5 N–H and O–H groups in total. The molecule has 0 fully saturated rings.